The minimum atomic E-state index is -1.05. The number of ether oxygens (including phenoxy) is 1. The second kappa shape index (κ2) is 7.26. The van der Waals surface area contributed by atoms with Gasteiger partial charge in [-0.05, 0) is 17.9 Å². The average Bonchev–Trinajstić information content (AvgIpc) is 2.85. The molecular weight excluding hydrogens is 298 g/mol. The van der Waals surface area contributed by atoms with Gasteiger partial charge in [0.05, 0.1) is 18.4 Å². The summed E-state index contributed by atoms with van der Waals surface area (Å²) in [6.45, 7) is 3.69. The Morgan fingerprint density at radius 3 is 2.52 bits per heavy atom. The number of imide groups is 1. The molecule has 6 nitrogen and oxygen atoms in total. The molecule has 1 saturated heterocycles. The first-order valence-corrected chi connectivity index (χ1v) is 7.65. The van der Waals surface area contributed by atoms with Crippen LogP contribution in [0.5, 0.6) is 0 Å². The van der Waals surface area contributed by atoms with E-state index in [-0.39, 0.29) is 18.9 Å². The van der Waals surface area contributed by atoms with Crippen molar-refractivity contribution in [3.8, 4) is 0 Å². The third-order valence-electron chi connectivity index (χ3n) is 4.03. The molecule has 0 aromatic heterocycles. The largest absolute Gasteiger partial charge is 0.481 e. The lowest BCUT2D eigenvalue weighted by atomic mass is 9.90. The van der Waals surface area contributed by atoms with E-state index >= 15 is 0 Å². The van der Waals surface area contributed by atoms with E-state index in [2.05, 4.69) is 0 Å². The Bertz CT molecular complexity index is 584. The predicted molar refractivity (Wildman–Crippen MR) is 82.7 cm³/mol. The summed E-state index contributed by atoms with van der Waals surface area (Å²) in [7, 11) is 0. The van der Waals surface area contributed by atoms with Crippen LogP contribution in [0.2, 0.25) is 0 Å². The summed E-state index contributed by atoms with van der Waals surface area (Å²) in [6, 6.07) is 9.11. The Balaban J connectivity index is 2.17. The van der Waals surface area contributed by atoms with Crippen LogP contribution in [0.25, 0.3) is 0 Å². The van der Waals surface area contributed by atoms with Crippen molar-refractivity contribution in [2.45, 2.75) is 32.7 Å². The maximum Gasteiger partial charge on any atom is 0.416 e. The summed E-state index contributed by atoms with van der Waals surface area (Å²) in [5.41, 5.74) is 0.993. The lowest BCUT2D eigenvalue weighted by molar-refractivity contribution is -0.145. The van der Waals surface area contributed by atoms with E-state index in [9.17, 15) is 14.4 Å². The van der Waals surface area contributed by atoms with Crippen molar-refractivity contribution in [2.24, 2.45) is 11.8 Å². The van der Waals surface area contributed by atoms with Crippen LogP contribution in [0.3, 0.4) is 0 Å². The van der Waals surface area contributed by atoms with Crippen LogP contribution in [-0.4, -0.2) is 40.6 Å². The zero-order chi connectivity index (χ0) is 17.0. The Morgan fingerprint density at radius 2 is 1.96 bits per heavy atom. The maximum absolute atomic E-state index is 12.7. The van der Waals surface area contributed by atoms with Gasteiger partial charge in [-0.25, -0.2) is 9.69 Å². The van der Waals surface area contributed by atoms with Gasteiger partial charge in [0.2, 0.25) is 5.91 Å². The van der Waals surface area contributed by atoms with Crippen molar-refractivity contribution in [1.82, 2.24) is 4.90 Å². The normalized spacial score (nSPS) is 18.8. The molecule has 23 heavy (non-hydrogen) atoms. The molecule has 0 spiro atoms. The molecule has 1 aromatic carbocycles. The molecule has 1 heterocycles. The number of carboxylic acids is 1. The molecule has 6 heteroatoms. The lowest BCUT2D eigenvalue weighted by Gasteiger charge is -2.26. The number of carbonyl (C=O) groups is 3. The van der Waals surface area contributed by atoms with Crippen molar-refractivity contribution < 1.29 is 24.2 Å². The van der Waals surface area contributed by atoms with E-state index in [4.69, 9.17) is 9.84 Å². The van der Waals surface area contributed by atoms with E-state index in [0.29, 0.717) is 6.42 Å². The molecule has 2 atom stereocenters. The van der Waals surface area contributed by atoms with Crippen LogP contribution < -0.4 is 0 Å². The standard InChI is InChI=1S/C17H21NO5/c1-11(2)14(9-15(19)20)16(21)18-13(10-23-17(18)22)8-12-6-4-3-5-7-12/h3-7,11,13-14H,8-10H2,1-2H3,(H,19,20)/t13-,14?/m1/s1. The summed E-state index contributed by atoms with van der Waals surface area (Å²) in [5.74, 6) is -2.43. The Labute approximate surface area is 135 Å². The molecule has 2 rings (SSSR count). The number of cyclic esters (lactones) is 1. The molecule has 124 valence electrons. The van der Waals surface area contributed by atoms with Crippen molar-refractivity contribution in [3.05, 3.63) is 35.9 Å². The first-order chi connectivity index (χ1) is 10.9. The van der Waals surface area contributed by atoms with Crippen molar-refractivity contribution >= 4 is 18.0 Å². The summed E-state index contributed by atoms with van der Waals surface area (Å²) >= 11 is 0. The Hall–Kier alpha value is -2.37. The van der Waals surface area contributed by atoms with Gasteiger partial charge < -0.3 is 9.84 Å². The van der Waals surface area contributed by atoms with Gasteiger partial charge >= 0.3 is 12.1 Å². The molecular formula is C17H21NO5. The van der Waals surface area contributed by atoms with Crippen LogP contribution in [0.15, 0.2) is 30.3 Å². The van der Waals surface area contributed by atoms with E-state index < -0.39 is 29.9 Å². The number of hydrogen-bond donors (Lipinski definition) is 1. The number of benzene rings is 1. The third-order valence-corrected chi connectivity index (χ3v) is 4.03. The van der Waals surface area contributed by atoms with Gasteiger partial charge in [0.15, 0.2) is 0 Å². The fourth-order valence-corrected chi connectivity index (χ4v) is 2.74. The number of aliphatic carboxylic acids is 1. The first-order valence-electron chi connectivity index (χ1n) is 7.65. The Morgan fingerprint density at radius 1 is 1.30 bits per heavy atom. The van der Waals surface area contributed by atoms with Crippen LogP contribution in [0.4, 0.5) is 4.79 Å². The highest BCUT2D eigenvalue weighted by Crippen LogP contribution is 2.25. The second-order valence-corrected chi connectivity index (χ2v) is 6.08. The molecule has 1 aromatic rings. The molecule has 0 saturated carbocycles. The van der Waals surface area contributed by atoms with Gasteiger partial charge in [-0.2, -0.15) is 0 Å². The summed E-state index contributed by atoms with van der Waals surface area (Å²) in [6.07, 6.45) is -0.485. The van der Waals surface area contributed by atoms with Crippen molar-refractivity contribution in [2.75, 3.05) is 6.61 Å². The molecule has 0 radical (unpaired) electrons. The van der Waals surface area contributed by atoms with Gasteiger partial charge in [-0.15, -0.1) is 0 Å². The second-order valence-electron chi connectivity index (χ2n) is 6.08. The summed E-state index contributed by atoms with van der Waals surface area (Å²) in [4.78, 5) is 36.8. The van der Waals surface area contributed by atoms with Crippen LogP contribution in [0.1, 0.15) is 25.8 Å². The average molecular weight is 319 g/mol. The zero-order valence-corrected chi connectivity index (χ0v) is 13.3. The minimum Gasteiger partial charge on any atom is -0.481 e. The summed E-state index contributed by atoms with van der Waals surface area (Å²) < 4.78 is 5.03. The smallest absolute Gasteiger partial charge is 0.416 e. The highest BCUT2D eigenvalue weighted by Gasteiger charge is 2.42. The molecule has 1 aliphatic heterocycles. The molecule has 1 aliphatic rings. The van der Waals surface area contributed by atoms with E-state index in [1.54, 1.807) is 13.8 Å². The molecule has 1 N–H and O–H groups in total. The number of carboxylic acid groups (broad SMARTS) is 1. The summed E-state index contributed by atoms with van der Waals surface area (Å²) in [5, 5.41) is 9.00. The quantitative estimate of drug-likeness (QED) is 0.870. The van der Waals surface area contributed by atoms with Gasteiger partial charge in [-0.3, -0.25) is 9.59 Å². The number of amides is 2. The number of carbonyl (C=O) groups excluding carboxylic acids is 2. The van der Waals surface area contributed by atoms with E-state index in [1.807, 2.05) is 30.3 Å². The fraction of sp³-hybridized carbons (Fsp3) is 0.471. The molecule has 0 aliphatic carbocycles. The number of rotatable bonds is 6. The zero-order valence-electron chi connectivity index (χ0n) is 13.3. The monoisotopic (exact) mass is 319 g/mol. The molecule has 1 fully saturated rings. The van der Waals surface area contributed by atoms with Crippen molar-refractivity contribution in [1.29, 1.82) is 0 Å². The predicted octanol–water partition coefficient (Wildman–Crippen LogP) is 2.32. The highest BCUT2D eigenvalue weighted by molar-refractivity contribution is 5.96. The topological polar surface area (TPSA) is 83.9 Å². The number of nitrogens with zero attached hydrogens (tertiary/aromatic N) is 1. The maximum atomic E-state index is 12.7. The molecule has 1 unspecified atom stereocenters. The Kier molecular flexibility index (Phi) is 5.36. The lowest BCUT2D eigenvalue weighted by Crippen LogP contribution is -2.45. The molecule has 2 amide bonds. The van der Waals surface area contributed by atoms with Gasteiger partial charge in [0.25, 0.3) is 0 Å². The van der Waals surface area contributed by atoms with Gasteiger partial charge in [0, 0.05) is 0 Å². The molecule has 0 bridgehead atoms. The van der Waals surface area contributed by atoms with Crippen LogP contribution in [0, 0.1) is 11.8 Å². The number of hydrogen-bond acceptors (Lipinski definition) is 4. The van der Waals surface area contributed by atoms with Crippen molar-refractivity contribution in [3.63, 3.8) is 0 Å². The highest BCUT2D eigenvalue weighted by atomic mass is 16.6. The fourth-order valence-electron chi connectivity index (χ4n) is 2.74. The van der Waals surface area contributed by atoms with Crippen LogP contribution in [-0.2, 0) is 20.7 Å². The van der Waals surface area contributed by atoms with E-state index in [0.717, 1.165) is 10.5 Å². The SMILES string of the molecule is CC(C)C(CC(=O)O)C(=O)N1C(=O)OC[C@H]1Cc1ccccc1. The first kappa shape index (κ1) is 17.0. The van der Waals surface area contributed by atoms with Gasteiger partial charge in [0.1, 0.15) is 6.61 Å². The van der Waals surface area contributed by atoms with Gasteiger partial charge in [-0.1, -0.05) is 44.2 Å². The van der Waals surface area contributed by atoms with Crippen LogP contribution >= 0.6 is 0 Å². The third kappa shape index (κ3) is 4.09. The minimum absolute atomic E-state index is 0.136. The van der Waals surface area contributed by atoms with E-state index in [1.165, 1.54) is 0 Å².